The predicted octanol–water partition coefficient (Wildman–Crippen LogP) is 6.79. The molecule has 28 heavy (non-hydrogen) atoms. The molecule has 0 heterocycles. The molecule has 2 saturated carbocycles. The van der Waals surface area contributed by atoms with E-state index in [2.05, 4.69) is 66.7 Å². The van der Waals surface area contributed by atoms with Gasteiger partial charge < -0.3 is 5.11 Å². The molecule has 1 nitrogen and oxygen atoms in total. The molecule has 0 amide bonds. The highest BCUT2D eigenvalue weighted by molar-refractivity contribution is 6.18. The van der Waals surface area contributed by atoms with Crippen LogP contribution in [0.25, 0.3) is 32.7 Å². The van der Waals surface area contributed by atoms with Crippen molar-refractivity contribution in [3.8, 4) is 16.9 Å². The van der Waals surface area contributed by atoms with Crippen LogP contribution in [-0.4, -0.2) is 5.11 Å². The van der Waals surface area contributed by atoms with Crippen molar-refractivity contribution in [1.29, 1.82) is 0 Å². The summed E-state index contributed by atoms with van der Waals surface area (Å²) in [6.07, 6.45) is 5.30. The molecule has 3 aliphatic rings. The number of phenolic OH excluding ortho intramolecular Hbond substituents is 1. The van der Waals surface area contributed by atoms with E-state index in [-0.39, 0.29) is 5.41 Å². The van der Waals surface area contributed by atoms with Crippen LogP contribution in [0.1, 0.15) is 36.8 Å². The normalized spacial score (nSPS) is 27.0. The zero-order valence-corrected chi connectivity index (χ0v) is 15.8. The highest BCUT2D eigenvalue weighted by Gasteiger charge is 2.57. The molecular formula is C27H22O. The van der Waals surface area contributed by atoms with Gasteiger partial charge in [0.25, 0.3) is 0 Å². The standard InChI is InChI=1S/C27H22O/c28-24-14-23-26(25-19-6-2-1-5-17(19)10-12-21(24)25)20-7-3-4-8-22(20)27(23)15-16-9-11-18(27)13-16/h1-8,10,12,14,16,18,28H,9,11,13,15H2. The summed E-state index contributed by atoms with van der Waals surface area (Å²) in [5.41, 5.74) is 5.79. The SMILES string of the molecule is Oc1cc2c(c3c1ccc1ccccc13)-c1ccccc1C21CC2CCC1C2. The van der Waals surface area contributed by atoms with E-state index in [1.54, 1.807) is 0 Å². The van der Waals surface area contributed by atoms with E-state index in [0.717, 1.165) is 11.3 Å². The van der Waals surface area contributed by atoms with Crippen LogP contribution in [0.15, 0.2) is 66.7 Å². The second-order valence-electron chi connectivity index (χ2n) is 9.12. The predicted molar refractivity (Wildman–Crippen MR) is 115 cm³/mol. The molecule has 0 radical (unpaired) electrons. The van der Waals surface area contributed by atoms with Crippen LogP contribution in [-0.2, 0) is 5.41 Å². The van der Waals surface area contributed by atoms with Crippen molar-refractivity contribution in [3.05, 3.63) is 77.9 Å². The molecule has 3 atom stereocenters. The summed E-state index contributed by atoms with van der Waals surface area (Å²) in [6, 6.07) is 24.0. The number of benzene rings is 4. The molecule has 2 fully saturated rings. The third-order valence-electron chi connectivity index (χ3n) is 8.01. The van der Waals surface area contributed by atoms with Gasteiger partial charge >= 0.3 is 0 Å². The van der Waals surface area contributed by atoms with Gasteiger partial charge in [0.2, 0.25) is 0 Å². The van der Waals surface area contributed by atoms with Gasteiger partial charge in [0.05, 0.1) is 0 Å². The van der Waals surface area contributed by atoms with Gasteiger partial charge in [-0.05, 0) is 70.2 Å². The molecule has 1 spiro atoms. The molecule has 3 unspecified atom stereocenters. The second-order valence-corrected chi connectivity index (χ2v) is 9.12. The van der Waals surface area contributed by atoms with Crippen molar-refractivity contribution >= 4 is 21.5 Å². The molecule has 136 valence electrons. The number of fused-ring (bicyclic) bond motifs is 12. The molecule has 7 rings (SSSR count). The highest BCUT2D eigenvalue weighted by Crippen LogP contribution is 2.67. The summed E-state index contributed by atoms with van der Waals surface area (Å²) < 4.78 is 0. The smallest absolute Gasteiger partial charge is 0.123 e. The Bertz CT molecular complexity index is 1300. The van der Waals surface area contributed by atoms with E-state index in [9.17, 15) is 5.11 Å². The monoisotopic (exact) mass is 362 g/mol. The van der Waals surface area contributed by atoms with Crippen molar-refractivity contribution in [2.75, 3.05) is 0 Å². The van der Waals surface area contributed by atoms with Crippen molar-refractivity contribution in [2.45, 2.75) is 31.1 Å². The first-order valence-corrected chi connectivity index (χ1v) is 10.5. The Balaban J connectivity index is 1.71. The number of rotatable bonds is 0. The minimum Gasteiger partial charge on any atom is -0.507 e. The third-order valence-corrected chi connectivity index (χ3v) is 8.01. The Morgan fingerprint density at radius 3 is 2.54 bits per heavy atom. The molecule has 0 aliphatic heterocycles. The van der Waals surface area contributed by atoms with Gasteiger partial charge in [-0.2, -0.15) is 0 Å². The van der Waals surface area contributed by atoms with Crippen molar-refractivity contribution in [1.82, 2.24) is 0 Å². The summed E-state index contributed by atoms with van der Waals surface area (Å²) in [6.45, 7) is 0. The summed E-state index contributed by atoms with van der Waals surface area (Å²) in [5.74, 6) is 2.00. The molecule has 4 aromatic carbocycles. The van der Waals surface area contributed by atoms with Crippen molar-refractivity contribution < 1.29 is 5.11 Å². The van der Waals surface area contributed by atoms with Gasteiger partial charge in [0, 0.05) is 16.2 Å². The highest BCUT2D eigenvalue weighted by atomic mass is 16.3. The van der Waals surface area contributed by atoms with Gasteiger partial charge in [-0.3, -0.25) is 0 Å². The van der Waals surface area contributed by atoms with E-state index in [0.29, 0.717) is 11.7 Å². The van der Waals surface area contributed by atoms with Gasteiger partial charge in [0.1, 0.15) is 5.75 Å². The van der Waals surface area contributed by atoms with E-state index >= 15 is 0 Å². The topological polar surface area (TPSA) is 20.2 Å². The quantitative estimate of drug-likeness (QED) is 0.342. The maximum atomic E-state index is 11.1. The lowest BCUT2D eigenvalue weighted by Crippen LogP contribution is -2.31. The lowest BCUT2D eigenvalue weighted by Gasteiger charge is -2.36. The van der Waals surface area contributed by atoms with Crippen molar-refractivity contribution in [2.24, 2.45) is 11.8 Å². The molecule has 2 bridgehead atoms. The largest absolute Gasteiger partial charge is 0.507 e. The Kier molecular flexibility index (Phi) is 2.69. The van der Waals surface area contributed by atoms with Gasteiger partial charge in [0.15, 0.2) is 0 Å². The fourth-order valence-corrected chi connectivity index (χ4v) is 7.03. The van der Waals surface area contributed by atoms with Crippen molar-refractivity contribution in [3.63, 3.8) is 0 Å². The minimum atomic E-state index is 0.109. The average Bonchev–Trinajstić information content (AvgIpc) is 3.42. The number of hydrogen-bond acceptors (Lipinski definition) is 1. The first kappa shape index (κ1) is 15.2. The van der Waals surface area contributed by atoms with Gasteiger partial charge in [-0.1, -0.05) is 67.1 Å². The van der Waals surface area contributed by atoms with Crippen LogP contribution in [0.3, 0.4) is 0 Å². The number of aromatic hydroxyl groups is 1. The Hall–Kier alpha value is -2.80. The van der Waals surface area contributed by atoms with E-state index in [4.69, 9.17) is 0 Å². The van der Waals surface area contributed by atoms with Crippen LogP contribution in [0.5, 0.6) is 5.75 Å². The number of phenols is 1. The molecule has 4 aromatic rings. The fraction of sp³-hybridized carbons (Fsp3) is 0.259. The lowest BCUT2D eigenvalue weighted by molar-refractivity contribution is 0.326. The summed E-state index contributed by atoms with van der Waals surface area (Å²) >= 11 is 0. The average molecular weight is 362 g/mol. The van der Waals surface area contributed by atoms with Gasteiger partial charge in [-0.15, -0.1) is 0 Å². The van der Waals surface area contributed by atoms with E-state index in [1.807, 2.05) is 0 Å². The zero-order chi connectivity index (χ0) is 18.5. The molecule has 1 heteroatoms. The van der Waals surface area contributed by atoms with Crippen LogP contribution < -0.4 is 0 Å². The molecular weight excluding hydrogens is 340 g/mol. The Morgan fingerprint density at radius 1 is 0.821 bits per heavy atom. The van der Waals surface area contributed by atoms with Crippen LogP contribution in [0.2, 0.25) is 0 Å². The molecule has 1 N–H and O–H groups in total. The summed E-state index contributed by atoms with van der Waals surface area (Å²) in [4.78, 5) is 0. The first-order valence-electron chi connectivity index (χ1n) is 10.5. The molecule has 3 aliphatic carbocycles. The third kappa shape index (κ3) is 1.61. The molecule has 0 aromatic heterocycles. The Labute approximate surface area is 164 Å². The first-order chi connectivity index (χ1) is 13.8. The minimum absolute atomic E-state index is 0.109. The lowest BCUT2D eigenvalue weighted by atomic mass is 9.66. The molecule has 0 saturated heterocycles. The second kappa shape index (κ2) is 4.97. The van der Waals surface area contributed by atoms with Crippen LogP contribution >= 0.6 is 0 Å². The number of hydrogen-bond donors (Lipinski definition) is 1. The summed E-state index contributed by atoms with van der Waals surface area (Å²) in [5, 5.41) is 15.8. The van der Waals surface area contributed by atoms with E-state index in [1.165, 1.54) is 64.1 Å². The summed E-state index contributed by atoms with van der Waals surface area (Å²) in [7, 11) is 0. The Morgan fingerprint density at radius 2 is 1.68 bits per heavy atom. The zero-order valence-electron chi connectivity index (χ0n) is 15.8. The maximum absolute atomic E-state index is 11.1. The maximum Gasteiger partial charge on any atom is 0.123 e. The fourth-order valence-electron chi connectivity index (χ4n) is 7.03. The van der Waals surface area contributed by atoms with Gasteiger partial charge in [-0.25, -0.2) is 0 Å². The van der Waals surface area contributed by atoms with Crippen LogP contribution in [0, 0.1) is 11.8 Å². The van der Waals surface area contributed by atoms with Crippen LogP contribution in [0.4, 0.5) is 0 Å². The van der Waals surface area contributed by atoms with E-state index < -0.39 is 0 Å².